The molecule has 0 aromatic heterocycles. The highest BCUT2D eigenvalue weighted by atomic mass is 16.3. The number of rotatable bonds is 24. The lowest BCUT2D eigenvalue weighted by atomic mass is 9.77. The molecule has 0 amide bonds. The van der Waals surface area contributed by atoms with Crippen molar-refractivity contribution in [3.8, 4) is 17.2 Å². The summed E-state index contributed by atoms with van der Waals surface area (Å²) in [6.45, 7) is 36.5. The molecule has 4 rings (SSSR count). The van der Waals surface area contributed by atoms with Crippen molar-refractivity contribution in [3.63, 3.8) is 0 Å². The average molecular weight is 757 g/mol. The van der Waals surface area contributed by atoms with Crippen LogP contribution in [0.5, 0.6) is 17.2 Å². The molecule has 3 nitrogen and oxygen atoms in total. The summed E-state index contributed by atoms with van der Waals surface area (Å²) < 4.78 is 0. The number of aromatic hydroxyl groups is 3. The highest BCUT2D eigenvalue weighted by Gasteiger charge is 2.25. The molecule has 0 bridgehead atoms. The number of phenolic OH excluding ortho intramolecular Hbond substituents is 3. The first-order chi connectivity index (χ1) is 27.6. The quantitative estimate of drug-likeness (QED) is 0.0624. The predicted molar refractivity (Wildman–Crippen MR) is 244 cm³/mol. The largest absolute Gasteiger partial charge is 0.507 e. The molecule has 0 saturated heterocycles. The number of benzene rings is 4. The Balaban J connectivity index is 2.21. The first-order valence-corrected chi connectivity index (χ1v) is 19.8. The fourth-order valence-corrected chi connectivity index (χ4v) is 8.19. The second-order valence-electron chi connectivity index (χ2n) is 14.6. The highest BCUT2D eigenvalue weighted by Crippen LogP contribution is 2.39. The highest BCUT2D eigenvalue weighted by molar-refractivity contribution is 5.60. The van der Waals surface area contributed by atoms with Crippen molar-refractivity contribution < 1.29 is 15.3 Å². The van der Waals surface area contributed by atoms with Gasteiger partial charge in [0.05, 0.1) is 0 Å². The molecule has 0 fully saturated rings. The molecule has 0 aliphatic heterocycles. The van der Waals surface area contributed by atoms with E-state index < -0.39 is 0 Å². The van der Waals surface area contributed by atoms with Gasteiger partial charge in [-0.15, -0.1) is 59.2 Å². The van der Waals surface area contributed by atoms with Gasteiger partial charge in [0.15, 0.2) is 0 Å². The minimum Gasteiger partial charge on any atom is -0.507 e. The van der Waals surface area contributed by atoms with Gasteiger partial charge >= 0.3 is 0 Å². The molecule has 4 aromatic carbocycles. The third-order valence-electron chi connectivity index (χ3n) is 10.5. The standard InChI is InChI=1S/C54H60O3/c1-10-19-40-28-37(29-41(20-11-2)52(40)55)34-49-47(26-17-8)46(25-16-7)48(27-18-9)50(35-38-30-42(21-12-3)53(56)43(31-38)22-13-4)51(49)36-39-32-44(23-14-5)54(57)45(33-39)24-15-6/h10-18,28-33,55-57H,1-9,19-27,34-36H2. The Morgan fingerprint density at radius 3 is 0.649 bits per heavy atom. The van der Waals surface area contributed by atoms with Gasteiger partial charge in [-0.25, -0.2) is 0 Å². The van der Waals surface area contributed by atoms with Crippen LogP contribution in [-0.2, 0) is 77.0 Å². The van der Waals surface area contributed by atoms with E-state index in [1.807, 2.05) is 54.7 Å². The lowest BCUT2D eigenvalue weighted by molar-refractivity contribution is 0.463. The maximum absolute atomic E-state index is 11.3. The predicted octanol–water partition coefficient (Wildman–Crippen LogP) is 12.1. The second-order valence-corrected chi connectivity index (χ2v) is 14.6. The van der Waals surface area contributed by atoms with E-state index in [2.05, 4.69) is 95.6 Å². The Hall–Kier alpha value is -6.06. The smallest absolute Gasteiger partial charge is 0.122 e. The van der Waals surface area contributed by atoms with E-state index in [1.165, 1.54) is 33.4 Å². The van der Waals surface area contributed by atoms with Crippen molar-refractivity contribution in [1.29, 1.82) is 0 Å². The minimum absolute atomic E-state index is 0.280. The molecule has 3 heteroatoms. The third kappa shape index (κ3) is 10.4. The van der Waals surface area contributed by atoms with Gasteiger partial charge in [0, 0.05) is 0 Å². The van der Waals surface area contributed by atoms with Gasteiger partial charge in [-0.1, -0.05) is 91.1 Å². The van der Waals surface area contributed by atoms with Crippen LogP contribution in [0, 0.1) is 0 Å². The molecule has 4 aromatic rings. The van der Waals surface area contributed by atoms with Crippen molar-refractivity contribution >= 4 is 0 Å². The fourth-order valence-electron chi connectivity index (χ4n) is 8.19. The van der Waals surface area contributed by atoms with E-state index in [0.29, 0.717) is 77.0 Å². The summed E-state index contributed by atoms with van der Waals surface area (Å²) in [4.78, 5) is 0. The number of phenols is 3. The van der Waals surface area contributed by atoms with Crippen LogP contribution in [0.1, 0.15) is 83.5 Å². The van der Waals surface area contributed by atoms with Gasteiger partial charge in [0.25, 0.3) is 0 Å². The van der Waals surface area contributed by atoms with Crippen molar-refractivity contribution in [2.75, 3.05) is 0 Å². The zero-order chi connectivity index (χ0) is 41.5. The van der Waals surface area contributed by atoms with Crippen LogP contribution in [0.25, 0.3) is 0 Å². The summed E-state index contributed by atoms with van der Waals surface area (Å²) >= 11 is 0. The summed E-state index contributed by atoms with van der Waals surface area (Å²) in [6, 6.07) is 12.6. The van der Waals surface area contributed by atoms with Crippen molar-refractivity contribution in [3.05, 3.63) is 234 Å². The molecule has 0 radical (unpaired) electrons. The van der Waals surface area contributed by atoms with Crippen LogP contribution >= 0.6 is 0 Å². The van der Waals surface area contributed by atoms with Crippen LogP contribution in [-0.4, -0.2) is 15.3 Å². The lowest BCUT2D eigenvalue weighted by Crippen LogP contribution is -2.15. The molecule has 0 saturated carbocycles. The lowest BCUT2D eigenvalue weighted by Gasteiger charge is -2.28. The molecule has 0 heterocycles. The first-order valence-electron chi connectivity index (χ1n) is 19.8. The Morgan fingerprint density at radius 2 is 0.456 bits per heavy atom. The summed E-state index contributed by atoms with van der Waals surface area (Å²) in [5.74, 6) is 0.847. The van der Waals surface area contributed by atoms with E-state index in [1.54, 1.807) is 0 Å². The van der Waals surface area contributed by atoms with Crippen LogP contribution < -0.4 is 0 Å². The fraction of sp³-hybridized carbons (Fsp3) is 0.222. The molecular formula is C54H60O3. The Labute approximate surface area is 342 Å². The van der Waals surface area contributed by atoms with Crippen LogP contribution in [0.15, 0.2) is 150 Å². The summed E-state index contributed by atoms with van der Waals surface area (Å²) in [5.41, 5.74) is 15.5. The molecule has 294 valence electrons. The maximum atomic E-state index is 11.3. The topological polar surface area (TPSA) is 60.7 Å². The summed E-state index contributed by atoms with van der Waals surface area (Å²) in [5, 5.41) is 33.8. The molecule has 0 aliphatic carbocycles. The Bertz CT molecular complexity index is 1990. The zero-order valence-electron chi connectivity index (χ0n) is 33.9. The number of allylic oxidation sites excluding steroid dienone is 9. The van der Waals surface area contributed by atoms with Gasteiger partial charge in [0.1, 0.15) is 17.2 Å². The zero-order valence-corrected chi connectivity index (χ0v) is 33.9. The third-order valence-corrected chi connectivity index (χ3v) is 10.5. The van der Waals surface area contributed by atoms with E-state index in [0.717, 1.165) is 50.1 Å². The van der Waals surface area contributed by atoms with E-state index >= 15 is 0 Å². The maximum Gasteiger partial charge on any atom is 0.122 e. The van der Waals surface area contributed by atoms with Crippen molar-refractivity contribution in [1.82, 2.24) is 0 Å². The first kappa shape index (κ1) is 43.7. The number of hydrogen-bond acceptors (Lipinski definition) is 3. The SMILES string of the molecule is C=CCc1cc(Cc2c(CC=C)c(CC=C)c(CC=C)c(Cc3cc(CC=C)c(O)c(CC=C)c3)c2Cc2cc(CC=C)c(O)c(CC=C)c2)cc(CC=C)c1O. The normalized spacial score (nSPS) is 10.7. The molecule has 3 N–H and O–H groups in total. The van der Waals surface area contributed by atoms with E-state index in [4.69, 9.17) is 0 Å². The molecule has 0 atom stereocenters. The molecular weight excluding hydrogens is 697 g/mol. The Kier molecular flexibility index (Phi) is 16.3. The van der Waals surface area contributed by atoms with Gasteiger partial charge in [0.2, 0.25) is 0 Å². The molecule has 0 aliphatic rings. The monoisotopic (exact) mass is 756 g/mol. The van der Waals surface area contributed by atoms with Gasteiger partial charge < -0.3 is 15.3 Å². The van der Waals surface area contributed by atoms with E-state index in [-0.39, 0.29) is 17.2 Å². The van der Waals surface area contributed by atoms with Gasteiger partial charge in [-0.05, 0) is 161 Å². The van der Waals surface area contributed by atoms with E-state index in [9.17, 15) is 15.3 Å². The second kappa shape index (κ2) is 21.3. The molecule has 0 unspecified atom stereocenters. The van der Waals surface area contributed by atoms with Crippen LogP contribution in [0.4, 0.5) is 0 Å². The Morgan fingerprint density at radius 1 is 0.281 bits per heavy atom. The van der Waals surface area contributed by atoms with Crippen LogP contribution in [0.3, 0.4) is 0 Å². The average Bonchev–Trinajstić information content (AvgIpc) is 3.18. The molecule has 0 spiro atoms. The van der Waals surface area contributed by atoms with Gasteiger partial charge in [-0.3, -0.25) is 0 Å². The minimum atomic E-state index is 0.280. The van der Waals surface area contributed by atoms with Crippen molar-refractivity contribution in [2.45, 2.75) is 77.0 Å². The van der Waals surface area contributed by atoms with Crippen LogP contribution in [0.2, 0.25) is 0 Å². The summed E-state index contributed by atoms with van der Waals surface area (Å²) in [6.07, 6.45) is 23.8. The number of hydrogen-bond donors (Lipinski definition) is 3. The molecule has 57 heavy (non-hydrogen) atoms. The summed E-state index contributed by atoms with van der Waals surface area (Å²) in [7, 11) is 0. The van der Waals surface area contributed by atoms with Crippen molar-refractivity contribution in [2.24, 2.45) is 0 Å². The van der Waals surface area contributed by atoms with Gasteiger partial charge in [-0.2, -0.15) is 0 Å².